The molecule has 1 unspecified atom stereocenters. The van der Waals surface area contributed by atoms with E-state index in [0.717, 1.165) is 12.1 Å². The Morgan fingerprint density at radius 2 is 1.78 bits per heavy atom. The molecule has 1 atom stereocenters. The number of anilines is 1. The lowest BCUT2D eigenvalue weighted by molar-refractivity contribution is -0.143. The van der Waals surface area contributed by atoms with Gasteiger partial charge in [0.2, 0.25) is 5.56 Å². The number of alkyl halides is 6. The zero-order chi connectivity index (χ0) is 17.4. The van der Waals surface area contributed by atoms with Crippen molar-refractivity contribution in [1.29, 1.82) is 0 Å². The molecular formula is C14H12F6N2O. The Balaban J connectivity index is 2.54. The van der Waals surface area contributed by atoms with E-state index >= 15 is 0 Å². The number of pyridine rings is 1. The Morgan fingerprint density at radius 1 is 1.13 bits per heavy atom. The van der Waals surface area contributed by atoms with Crippen LogP contribution in [0.2, 0.25) is 0 Å². The molecule has 9 heteroatoms. The van der Waals surface area contributed by atoms with Crippen LogP contribution in [0.3, 0.4) is 0 Å². The van der Waals surface area contributed by atoms with Gasteiger partial charge >= 0.3 is 12.4 Å². The van der Waals surface area contributed by atoms with Crippen LogP contribution in [-0.4, -0.2) is 17.2 Å². The molecule has 0 spiro atoms. The lowest BCUT2D eigenvalue weighted by atomic mass is 10.1. The van der Waals surface area contributed by atoms with Gasteiger partial charge in [0.1, 0.15) is 6.04 Å². The maximum Gasteiger partial charge on any atom is 0.417 e. The highest BCUT2D eigenvalue weighted by Gasteiger charge is 2.38. The zero-order valence-corrected chi connectivity index (χ0v) is 11.8. The van der Waals surface area contributed by atoms with E-state index in [9.17, 15) is 31.1 Å². The summed E-state index contributed by atoms with van der Waals surface area (Å²) in [6, 6.07) is 1.77. The minimum absolute atomic E-state index is 0.101. The van der Waals surface area contributed by atoms with Crippen LogP contribution >= 0.6 is 0 Å². The monoisotopic (exact) mass is 338 g/mol. The lowest BCUT2D eigenvalue weighted by Gasteiger charge is -2.21. The number of benzene rings is 1. The SMILES string of the molecule is CCC(Nc1ccc2[nH]c(=O)cc(C(F)(F)F)c2c1)C(F)(F)F. The molecule has 0 saturated heterocycles. The van der Waals surface area contributed by atoms with Gasteiger partial charge in [0.05, 0.1) is 5.56 Å². The lowest BCUT2D eigenvalue weighted by Crippen LogP contribution is -2.35. The van der Waals surface area contributed by atoms with Crippen molar-refractivity contribution in [1.82, 2.24) is 4.98 Å². The maximum absolute atomic E-state index is 13.0. The van der Waals surface area contributed by atoms with Crippen molar-refractivity contribution in [2.24, 2.45) is 0 Å². The quantitative estimate of drug-likeness (QED) is 0.820. The predicted octanol–water partition coefficient (Wildman–Crippen LogP) is 4.30. The maximum atomic E-state index is 13.0. The van der Waals surface area contributed by atoms with E-state index in [1.54, 1.807) is 0 Å². The van der Waals surface area contributed by atoms with Crippen molar-refractivity contribution in [3.63, 3.8) is 0 Å². The fourth-order valence-corrected chi connectivity index (χ4v) is 2.19. The van der Waals surface area contributed by atoms with Crippen molar-refractivity contribution in [3.8, 4) is 0 Å². The number of H-pyrrole nitrogens is 1. The molecule has 2 aromatic rings. The van der Waals surface area contributed by atoms with Gasteiger partial charge in [-0.15, -0.1) is 0 Å². The Morgan fingerprint density at radius 3 is 2.30 bits per heavy atom. The summed E-state index contributed by atoms with van der Waals surface area (Å²) in [7, 11) is 0. The average Bonchev–Trinajstić information content (AvgIpc) is 2.41. The van der Waals surface area contributed by atoms with Crippen molar-refractivity contribution >= 4 is 16.6 Å². The molecule has 23 heavy (non-hydrogen) atoms. The highest BCUT2D eigenvalue weighted by Crippen LogP contribution is 2.35. The van der Waals surface area contributed by atoms with Gasteiger partial charge in [-0.2, -0.15) is 26.3 Å². The van der Waals surface area contributed by atoms with Crippen LogP contribution in [0.15, 0.2) is 29.1 Å². The van der Waals surface area contributed by atoms with Crippen LogP contribution in [0, 0.1) is 0 Å². The molecule has 2 rings (SSSR count). The van der Waals surface area contributed by atoms with Gasteiger partial charge in [-0.3, -0.25) is 4.79 Å². The summed E-state index contributed by atoms with van der Waals surface area (Å²) in [4.78, 5) is 13.5. The number of nitrogens with one attached hydrogen (secondary N) is 2. The summed E-state index contributed by atoms with van der Waals surface area (Å²) in [5, 5.41) is 1.79. The highest BCUT2D eigenvalue weighted by molar-refractivity contribution is 5.85. The molecule has 1 heterocycles. The Bertz CT molecular complexity index is 762. The van der Waals surface area contributed by atoms with Crippen LogP contribution in [-0.2, 0) is 6.18 Å². The van der Waals surface area contributed by atoms with E-state index in [-0.39, 0.29) is 23.0 Å². The van der Waals surface area contributed by atoms with E-state index in [1.165, 1.54) is 13.0 Å². The van der Waals surface area contributed by atoms with E-state index in [2.05, 4.69) is 10.3 Å². The fourth-order valence-electron chi connectivity index (χ4n) is 2.19. The van der Waals surface area contributed by atoms with Gasteiger partial charge in [0.25, 0.3) is 0 Å². The summed E-state index contributed by atoms with van der Waals surface area (Å²) in [5.41, 5.74) is -2.35. The molecule has 0 amide bonds. The molecule has 3 nitrogen and oxygen atoms in total. The van der Waals surface area contributed by atoms with E-state index in [4.69, 9.17) is 0 Å². The largest absolute Gasteiger partial charge is 0.417 e. The molecule has 0 saturated carbocycles. The summed E-state index contributed by atoms with van der Waals surface area (Å²) >= 11 is 0. The second-order valence-electron chi connectivity index (χ2n) is 4.95. The summed E-state index contributed by atoms with van der Waals surface area (Å²) < 4.78 is 77.2. The number of halogens is 6. The average molecular weight is 338 g/mol. The zero-order valence-electron chi connectivity index (χ0n) is 11.8. The standard InChI is InChI=1S/C14H12F6N2O/c1-2-11(14(18,19)20)21-7-3-4-10-8(5-7)9(13(15,16)17)6-12(23)22-10/h3-6,11,21H,2H2,1H3,(H,22,23). The summed E-state index contributed by atoms with van der Waals surface area (Å²) in [6.07, 6.45) is -9.60. The van der Waals surface area contributed by atoms with Gasteiger partial charge in [-0.05, 0) is 24.6 Å². The number of hydrogen-bond donors (Lipinski definition) is 2. The fraction of sp³-hybridized carbons (Fsp3) is 0.357. The van der Waals surface area contributed by atoms with Crippen molar-refractivity contribution in [3.05, 3.63) is 40.2 Å². The molecule has 0 aliphatic carbocycles. The number of fused-ring (bicyclic) bond motifs is 1. The van der Waals surface area contributed by atoms with Crippen LogP contribution < -0.4 is 10.9 Å². The molecule has 0 fully saturated rings. The van der Waals surface area contributed by atoms with E-state index in [0.29, 0.717) is 6.07 Å². The third-order valence-corrected chi connectivity index (χ3v) is 3.29. The molecule has 0 aliphatic rings. The second-order valence-corrected chi connectivity index (χ2v) is 4.95. The van der Waals surface area contributed by atoms with Crippen molar-refractivity contribution in [2.45, 2.75) is 31.7 Å². The minimum atomic E-state index is -4.79. The first kappa shape index (κ1) is 17.2. The number of hydrogen-bond acceptors (Lipinski definition) is 2. The molecule has 0 radical (unpaired) electrons. The number of aromatic nitrogens is 1. The first-order chi connectivity index (χ1) is 10.5. The van der Waals surface area contributed by atoms with Crippen molar-refractivity contribution < 1.29 is 26.3 Å². The topological polar surface area (TPSA) is 44.9 Å². The second kappa shape index (κ2) is 5.78. The smallest absolute Gasteiger partial charge is 0.374 e. The molecule has 1 aromatic heterocycles. The van der Waals surface area contributed by atoms with Crippen LogP contribution in [0.4, 0.5) is 32.0 Å². The third kappa shape index (κ3) is 3.77. The summed E-state index contributed by atoms with van der Waals surface area (Å²) in [5.74, 6) is 0. The van der Waals surface area contributed by atoms with Gasteiger partial charge in [0.15, 0.2) is 0 Å². The van der Waals surface area contributed by atoms with Crippen LogP contribution in [0.5, 0.6) is 0 Å². The predicted molar refractivity (Wildman–Crippen MR) is 73.3 cm³/mol. The van der Waals surface area contributed by atoms with Gasteiger partial charge in [0, 0.05) is 22.7 Å². The van der Waals surface area contributed by atoms with Gasteiger partial charge in [-0.1, -0.05) is 6.92 Å². The third-order valence-electron chi connectivity index (χ3n) is 3.29. The molecule has 0 bridgehead atoms. The summed E-state index contributed by atoms with van der Waals surface area (Å²) in [6.45, 7) is 1.31. The minimum Gasteiger partial charge on any atom is -0.374 e. The van der Waals surface area contributed by atoms with Crippen LogP contribution in [0.25, 0.3) is 10.9 Å². The molecule has 2 N–H and O–H groups in total. The molecule has 1 aromatic carbocycles. The Labute approximate surface area is 126 Å². The number of rotatable bonds is 3. The normalized spacial score (nSPS) is 14.0. The first-order valence-electron chi connectivity index (χ1n) is 6.60. The van der Waals surface area contributed by atoms with E-state index in [1.807, 2.05) is 0 Å². The number of aromatic amines is 1. The van der Waals surface area contributed by atoms with Crippen LogP contribution in [0.1, 0.15) is 18.9 Å². The Hall–Kier alpha value is -2.19. The van der Waals surface area contributed by atoms with Gasteiger partial charge in [-0.25, -0.2) is 0 Å². The highest BCUT2D eigenvalue weighted by atomic mass is 19.4. The van der Waals surface area contributed by atoms with Gasteiger partial charge < -0.3 is 10.3 Å². The molecule has 126 valence electrons. The molecule has 0 aliphatic heterocycles. The molecular weight excluding hydrogens is 326 g/mol. The Kier molecular flexibility index (Phi) is 4.32. The van der Waals surface area contributed by atoms with E-state index < -0.39 is 29.5 Å². The van der Waals surface area contributed by atoms with Crippen molar-refractivity contribution in [2.75, 3.05) is 5.32 Å². The first-order valence-corrected chi connectivity index (χ1v) is 6.60.